The average Bonchev–Trinajstić information content (AvgIpc) is 3.27. The number of nitrogens with zero attached hydrogens (tertiary/aromatic N) is 5. The zero-order valence-electron chi connectivity index (χ0n) is 16.0. The number of thioether (sulfide) groups is 1. The van der Waals surface area contributed by atoms with E-state index in [-0.39, 0.29) is 5.56 Å². The third kappa shape index (κ3) is 3.83. The number of hydrogen-bond donors (Lipinski definition) is 0. The quantitative estimate of drug-likeness (QED) is 0.283. The fraction of sp³-hybridized carbons (Fsp3) is 0.0455. The van der Waals surface area contributed by atoms with E-state index in [1.165, 1.54) is 11.8 Å². The fourth-order valence-electron chi connectivity index (χ4n) is 3.11. The molecule has 31 heavy (non-hydrogen) atoms. The van der Waals surface area contributed by atoms with Crippen LogP contribution in [-0.2, 0) is 5.75 Å². The van der Waals surface area contributed by atoms with Gasteiger partial charge in [0.05, 0.1) is 39.1 Å². The minimum absolute atomic E-state index is 0.161. The molecule has 3 aromatic heterocycles. The van der Waals surface area contributed by atoms with Gasteiger partial charge in [0.1, 0.15) is 0 Å². The van der Waals surface area contributed by atoms with Crippen molar-refractivity contribution in [1.29, 1.82) is 0 Å². The number of hydrogen-bond acceptors (Lipinski definition) is 7. The molecule has 0 spiro atoms. The van der Waals surface area contributed by atoms with Crippen molar-refractivity contribution in [2.24, 2.45) is 0 Å². The molecule has 152 valence electrons. The summed E-state index contributed by atoms with van der Waals surface area (Å²) in [7, 11) is 0. The van der Waals surface area contributed by atoms with Gasteiger partial charge >= 0.3 is 0 Å². The van der Waals surface area contributed by atoms with Gasteiger partial charge in [-0.05, 0) is 36.4 Å². The highest BCUT2D eigenvalue weighted by Crippen LogP contribution is 2.28. The molecule has 0 atom stereocenters. The Kier molecular flexibility index (Phi) is 5.23. The molecule has 5 rings (SSSR count). The molecule has 0 bridgehead atoms. The maximum Gasteiger partial charge on any atom is 0.266 e. The first-order chi connectivity index (χ1) is 15.2. The van der Waals surface area contributed by atoms with Crippen molar-refractivity contribution in [1.82, 2.24) is 24.7 Å². The van der Waals surface area contributed by atoms with E-state index < -0.39 is 0 Å². The van der Waals surface area contributed by atoms with Gasteiger partial charge in [-0.2, -0.15) is 4.98 Å². The maximum atomic E-state index is 13.2. The molecule has 0 fully saturated rings. The molecule has 0 aliphatic rings. The van der Waals surface area contributed by atoms with Crippen LogP contribution >= 0.6 is 23.4 Å². The lowest BCUT2D eigenvalue weighted by Crippen LogP contribution is -2.21. The summed E-state index contributed by atoms with van der Waals surface area (Å²) in [4.78, 5) is 26.5. The molecular formula is C22H14ClN5O2S. The highest BCUT2D eigenvalue weighted by molar-refractivity contribution is 7.98. The Morgan fingerprint density at radius 1 is 1.00 bits per heavy atom. The van der Waals surface area contributed by atoms with Crippen LogP contribution in [0.2, 0.25) is 5.02 Å². The van der Waals surface area contributed by atoms with Gasteiger partial charge in [0.2, 0.25) is 0 Å². The van der Waals surface area contributed by atoms with Gasteiger partial charge in [-0.15, -0.1) is 0 Å². The number of benzene rings is 2. The molecule has 7 nitrogen and oxygen atoms in total. The van der Waals surface area contributed by atoms with Gasteiger partial charge < -0.3 is 4.52 Å². The minimum Gasteiger partial charge on any atom is -0.334 e. The van der Waals surface area contributed by atoms with Crippen LogP contribution in [0.15, 0.2) is 87.5 Å². The van der Waals surface area contributed by atoms with E-state index in [0.29, 0.717) is 49.8 Å². The van der Waals surface area contributed by atoms with Crippen molar-refractivity contribution in [3.63, 3.8) is 0 Å². The van der Waals surface area contributed by atoms with Crippen molar-refractivity contribution in [2.45, 2.75) is 10.9 Å². The number of para-hydroxylation sites is 1. The monoisotopic (exact) mass is 447 g/mol. The molecule has 0 saturated heterocycles. The smallest absolute Gasteiger partial charge is 0.266 e. The fourth-order valence-corrected chi connectivity index (χ4v) is 4.18. The predicted octanol–water partition coefficient (Wildman–Crippen LogP) is 4.78. The number of pyridine rings is 1. The Bertz CT molecular complexity index is 1440. The van der Waals surface area contributed by atoms with E-state index >= 15 is 0 Å². The summed E-state index contributed by atoms with van der Waals surface area (Å²) >= 11 is 7.56. The van der Waals surface area contributed by atoms with Gasteiger partial charge in [-0.3, -0.25) is 14.3 Å². The van der Waals surface area contributed by atoms with Crippen LogP contribution in [0.1, 0.15) is 5.82 Å². The molecule has 0 aliphatic carbocycles. The van der Waals surface area contributed by atoms with E-state index in [9.17, 15) is 4.79 Å². The number of fused-ring (bicyclic) bond motifs is 1. The number of rotatable bonds is 5. The third-order valence-electron chi connectivity index (χ3n) is 4.55. The van der Waals surface area contributed by atoms with E-state index in [2.05, 4.69) is 15.1 Å². The first-order valence-electron chi connectivity index (χ1n) is 9.33. The Morgan fingerprint density at radius 2 is 1.84 bits per heavy atom. The second kappa shape index (κ2) is 8.33. The largest absolute Gasteiger partial charge is 0.334 e. The van der Waals surface area contributed by atoms with Gasteiger partial charge in [0.15, 0.2) is 11.0 Å². The Morgan fingerprint density at radius 3 is 2.68 bits per heavy atom. The summed E-state index contributed by atoms with van der Waals surface area (Å²) < 4.78 is 6.92. The van der Waals surface area contributed by atoms with Crippen LogP contribution in [0.4, 0.5) is 0 Å². The lowest BCUT2D eigenvalue weighted by atomic mass is 10.2. The van der Waals surface area contributed by atoms with Crippen LogP contribution in [0.5, 0.6) is 0 Å². The normalized spacial score (nSPS) is 11.1. The maximum absolute atomic E-state index is 13.2. The SMILES string of the molecule is O=c1c2ccccc2nc(SCc2noc(-c3ccccc3Cl)n2)n1-c1cccnc1. The average molecular weight is 448 g/mol. The van der Waals surface area contributed by atoms with Crippen LogP contribution in [0.3, 0.4) is 0 Å². The highest BCUT2D eigenvalue weighted by atomic mass is 35.5. The standard InChI is InChI=1S/C22H14ClN5O2S/c23-17-9-3-1-7-15(17)20-26-19(27-30-20)13-31-22-25-18-10-4-2-8-16(18)21(29)28(22)14-6-5-11-24-12-14/h1-12H,13H2. The zero-order valence-corrected chi connectivity index (χ0v) is 17.5. The van der Waals surface area contributed by atoms with Crippen LogP contribution < -0.4 is 5.56 Å². The lowest BCUT2D eigenvalue weighted by Gasteiger charge is -2.12. The van der Waals surface area contributed by atoms with E-state index in [1.807, 2.05) is 42.5 Å². The van der Waals surface area contributed by atoms with Crippen molar-refractivity contribution < 1.29 is 4.52 Å². The van der Waals surface area contributed by atoms with E-state index in [1.54, 1.807) is 35.2 Å². The Balaban J connectivity index is 1.51. The lowest BCUT2D eigenvalue weighted by molar-refractivity contribution is 0.425. The Hall–Kier alpha value is -3.49. The topological polar surface area (TPSA) is 86.7 Å². The molecule has 2 aromatic carbocycles. The minimum atomic E-state index is -0.161. The summed E-state index contributed by atoms with van der Waals surface area (Å²) in [6.45, 7) is 0. The summed E-state index contributed by atoms with van der Waals surface area (Å²) in [6.07, 6.45) is 3.29. The van der Waals surface area contributed by atoms with Crippen LogP contribution in [0, 0.1) is 0 Å². The molecule has 0 amide bonds. The molecule has 3 heterocycles. The molecule has 0 radical (unpaired) electrons. The molecule has 0 N–H and O–H groups in total. The second-order valence-electron chi connectivity index (χ2n) is 6.55. The van der Waals surface area contributed by atoms with Gasteiger partial charge in [-0.1, -0.05) is 52.8 Å². The molecule has 0 aliphatic heterocycles. The molecular weight excluding hydrogens is 434 g/mol. The van der Waals surface area contributed by atoms with Crippen molar-refractivity contribution in [2.75, 3.05) is 0 Å². The second-order valence-corrected chi connectivity index (χ2v) is 7.90. The molecule has 9 heteroatoms. The van der Waals surface area contributed by atoms with Gasteiger partial charge in [0, 0.05) is 6.20 Å². The van der Waals surface area contributed by atoms with Crippen molar-refractivity contribution in [3.8, 4) is 17.1 Å². The zero-order chi connectivity index (χ0) is 21.2. The highest BCUT2D eigenvalue weighted by Gasteiger charge is 2.16. The molecule has 0 saturated carbocycles. The van der Waals surface area contributed by atoms with Crippen LogP contribution in [-0.4, -0.2) is 24.7 Å². The Labute approximate surface area is 185 Å². The van der Waals surface area contributed by atoms with Crippen LogP contribution in [0.25, 0.3) is 28.0 Å². The molecule has 0 unspecified atom stereocenters. The predicted molar refractivity (Wildman–Crippen MR) is 119 cm³/mol. The first kappa shape index (κ1) is 19.5. The van der Waals surface area contributed by atoms with Crippen molar-refractivity contribution in [3.05, 3.63) is 94.3 Å². The third-order valence-corrected chi connectivity index (χ3v) is 5.82. The summed E-state index contributed by atoms with van der Waals surface area (Å²) in [5.41, 5.74) is 1.77. The number of aromatic nitrogens is 5. The van der Waals surface area contributed by atoms with Gasteiger partial charge in [-0.25, -0.2) is 4.98 Å². The van der Waals surface area contributed by atoms with E-state index in [4.69, 9.17) is 21.1 Å². The number of halogens is 1. The summed E-state index contributed by atoms with van der Waals surface area (Å²) in [5.74, 6) is 1.18. The summed E-state index contributed by atoms with van der Waals surface area (Å²) in [5, 5.41) is 5.63. The van der Waals surface area contributed by atoms with Gasteiger partial charge in [0.25, 0.3) is 11.4 Å². The first-order valence-corrected chi connectivity index (χ1v) is 10.7. The van der Waals surface area contributed by atoms with Crippen molar-refractivity contribution >= 4 is 34.3 Å². The van der Waals surface area contributed by atoms with E-state index in [0.717, 1.165) is 0 Å². The molecule has 5 aromatic rings. The summed E-state index contributed by atoms with van der Waals surface area (Å²) in [6, 6.07) is 18.1.